The second-order valence-corrected chi connectivity index (χ2v) is 14.9. The number of hydrogen-bond acceptors (Lipinski definition) is 2. The molecular weight excluding hydrogens is 928 g/mol. The first-order valence-electron chi connectivity index (χ1n) is 17.5. The molecule has 4 nitrogen and oxygen atoms in total. The van der Waals surface area contributed by atoms with Crippen molar-refractivity contribution in [3.63, 3.8) is 0 Å². The van der Waals surface area contributed by atoms with Gasteiger partial charge >= 0.3 is 0 Å². The van der Waals surface area contributed by atoms with Crippen LogP contribution in [0.4, 0.5) is 17.1 Å². The fourth-order valence-electron chi connectivity index (χ4n) is 8.53. The molecule has 6 heteroatoms. The number of anilines is 3. The van der Waals surface area contributed by atoms with Crippen LogP contribution >= 0.6 is 0 Å². The number of para-hydroxylation sites is 4. The molecule has 263 valence electrons. The van der Waals surface area contributed by atoms with E-state index >= 15 is 0 Å². The summed E-state index contributed by atoms with van der Waals surface area (Å²) in [4.78, 5) is 4.39. The van der Waals surface area contributed by atoms with E-state index in [1.807, 2.05) is 0 Å². The zero-order chi connectivity index (χ0) is 34.4. The SMILES string of the molecule is CN1[CH-]N(c2[c-]cc3c(c2)C(C)(C)c2ccccc2-3)c2ccccc21.C[n+]1cn(-c2ccc3c(c2)C(C)(C)c2ccccc2-3)c2ccccc21.[I-].[Ir]. The maximum absolute atomic E-state index is 3.52. The Morgan fingerprint density at radius 1 is 0.615 bits per heavy atom. The van der Waals surface area contributed by atoms with Gasteiger partial charge < -0.3 is 33.8 Å². The smallest absolute Gasteiger partial charge is 0.249 e. The van der Waals surface area contributed by atoms with Crippen molar-refractivity contribution in [3.8, 4) is 27.9 Å². The van der Waals surface area contributed by atoms with E-state index in [9.17, 15) is 0 Å². The number of halogens is 1. The predicted octanol–water partition coefficient (Wildman–Crippen LogP) is 7.26. The Morgan fingerprint density at radius 2 is 1.17 bits per heavy atom. The van der Waals surface area contributed by atoms with Crippen molar-refractivity contribution in [2.45, 2.75) is 38.5 Å². The van der Waals surface area contributed by atoms with Crippen LogP contribution in [0.2, 0.25) is 0 Å². The first kappa shape index (κ1) is 36.1. The molecule has 0 bridgehead atoms. The van der Waals surface area contributed by atoms with Gasteiger partial charge in [-0.2, -0.15) is 23.4 Å². The fraction of sp³-hybridized carbons (Fsp3) is 0.174. The largest absolute Gasteiger partial charge is 1.00 e. The van der Waals surface area contributed by atoms with Crippen LogP contribution in [-0.2, 0) is 38.0 Å². The first-order chi connectivity index (χ1) is 24.1. The van der Waals surface area contributed by atoms with Crippen molar-refractivity contribution in [2.75, 3.05) is 16.8 Å². The Hall–Kier alpha value is -4.23. The first-order valence-corrected chi connectivity index (χ1v) is 17.5. The van der Waals surface area contributed by atoms with E-state index in [0.29, 0.717) is 0 Å². The molecule has 0 N–H and O–H groups in total. The quantitative estimate of drug-likeness (QED) is 0.103. The van der Waals surface area contributed by atoms with Gasteiger partial charge in [0.25, 0.3) is 0 Å². The Morgan fingerprint density at radius 3 is 1.88 bits per heavy atom. The van der Waals surface area contributed by atoms with Crippen LogP contribution in [0.15, 0.2) is 134 Å². The fourth-order valence-corrected chi connectivity index (χ4v) is 8.53. The summed E-state index contributed by atoms with van der Waals surface area (Å²) in [6.45, 7) is 11.4. The number of aryl methyl sites for hydroxylation is 1. The van der Waals surface area contributed by atoms with Crippen molar-refractivity contribution in [1.82, 2.24) is 4.57 Å². The van der Waals surface area contributed by atoms with Crippen LogP contribution in [0.1, 0.15) is 49.9 Å². The monoisotopic (exact) mass is 969 g/mol. The summed E-state index contributed by atoms with van der Waals surface area (Å²) in [6, 6.07) is 49.4. The van der Waals surface area contributed by atoms with Gasteiger partial charge in [-0.15, -0.1) is 22.9 Å². The van der Waals surface area contributed by atoms with E-state index in [4.69, 9.17) is 0 Å². The van der Waals surface area contributed by atoms with Gasteiger partial charge in [-0.3, -0.25) is 0 Å². The normalized spacial score (nSPS) is 15.0. The van der Waals surface area contributed by atoms with Gasteiger partial charge in [0.1, 0.15) is 5.69 Å². The molecule has 0 unspecified atom stereocenters. The maximum atomic E-state index is 3.52. The molecule has 2 aliphatic carbocycles. The average molecular weight is 969 g/mol. The minimum atomic E-state index is 0. The maximum Gasteiger partial charge on any atom is 0.249 e. The van der Waals surface area contributed by atoms with Gasteiger partial charge in [0.2, 0.25) is 6.33 Å². The van der Waals surface area contributed by atoms with Crippen LogP contribution in [-0.4, -0.2) is 11.6 Å². The Balaban J connectivity index is 0.000000156. The zero-order valence-corrected chi connectivity index (χ0v) is 34.8. The van der Waals surface area contributed by atoms with E-state index < -0.39 is 0 Å². The molecule has 0 saturated heterocycles. The third kappa shape index (κ3) is 5.45. The van der Waals surface area contributed by atoms with Crippen LogP contribution in [0.5, 0.6) is 0 Å². The molecule has 6 aromatic carbocycles. The molecule has 10 rings (SSSR count). The number of imidazole rings is 1. The van der Waals surface area contributed by atoms with Gasteiger partial charge in [0, 0.05) is 36.9 Å². The molecule has 0 amide bonds. The predicted molar refractivity (Wildman–Crippen MR) is 206 cm³/mol. The van der Waals surface area contributed by atoms with Crippen molar-refractivity contribution in [1.29, 1.82) is 0 Å². The molecule has 0 atom stereocenters. The number of fused-ring (bicyclic) bond motifs is 8. The summed E-state index contributed by atoms with van der Waals surface area (Å²) in [7, 11) is 4.19. The zero-order valence-electron chi connectivity index (χ0n) is 30.3. The van der Waals surface area contributed by atoms with E-state index in [1.165, 1.54) is 72.6 Å². The number of nitrogens with zero attached hydrogens (tertiary/aromatic N) is 4. The minimum absolute atomic E-state index is 0. The topological polar surface area (TPSA) is 15.3 Å². The van der Waals surface area contributed by atoms with Gasteiger partial charge in [0.15, 0.2) is 11.0 Å². The van der Waals surface area contributed by atoms with E-state index in [1.54, 1.807) is 0 Å². The number of rotatable bonds is 2. The number of benzene rings is 6. The van der Waals surface area contributed by atoms with Crippen LogP contribution in [0, 0.1) is 12.7 Å². The molecule has 0 saturated carbocycles. The molecule has 1 aromatic heterocycles. The van der Waals surface area contributed by atoms with Crippen LogP contribution in [0.25, 0.3) is 39.0 Å². The van der Waals surface area contributed by atoms with Crippen molar-refractivity contribution in [2.24, 2.45) is 7.05 Å². The molecular formula is C46H41IIrN4-2. The average Bonchev–Trinajstić information content (AvgIpc) is 3.81. The summed E-state index contributed by atoms with van der Waals surface area (Å²) in [5, 5.41) is 0. The summed E-state index contributed by atoms with van der Waals surface area (Å²) in [5.74, 6) is 0. The van der Waals surface area contributed by atoms with E-state index in [-0.39, 0.29) is 54.9 Å². The molecule has 1 radical (unpaired) electrons. The van der Waals surface area contributed by atoms with Crippen LogP contribution in [0.3, 0.4) is 0 Å². The second-order valence-electron chi connectivity index (χ2n) is 14.9. The summed E-state index contributed by atoms with van der Waals surface area (Å²) < 4.78 is 4.47. The minimum Gasteiger partial charge on any atom is -1.00 e. The summed E-state index contributed by atoms with van der Waals surface area (Å²) in [6.07, 6.45) is 2.17. The summed E-state index contributed by atoms with van der Waals surface area (Å²) in [5.41, 5.74) is 18.3. The summed E-state index contributed by atoms with van der Waals surface area (Å²) >= 11 is 0. The van der Waals surface area contributed by atoms with Gasteiger partial charge in [0.05, 0.1) is 7.05 Å². The van der Waals surface area contributed by atoms with E-state index in [0.717, 1.165) is 5.69 Å². The van der Waals surface area contributed by atoms with Crippen molar-refractivity contribution < 1.29 is 48.6 Å². The van der Waals surface area contributed by atoms with Gasteiger partial charge in [-0.25, -0.2) is 4.57 Å². The Labute approximate surface area is 338 Å². The van der Waals surface area contributed by atoms with Gasteiger partial charge in [-0.05, 0) is 82.7 Å². The Kier molecular flexibility index (Phi) is 9.26. The van der Waals surface area contributed by atoms with E-state index in [2.05, 4.69) is 207 Å². The molecule has 2 heterocycles. The standard InChI is InChI=1S/C23H21N2.C23H20N2.HI.Ir/c2*1-23(2)19-9-5-4-8-17(19)18-13-12-16(14-20(18)23)25-15-24(3)21-10-6-7-11-22(21)25;;/h4-15H,1-3H3;4-11,13-15H,1-3H3;1H;/q+1;-2;;/p-1. The molecule has 0 fully saturated rings. The third-order valence-corrected chi connectivity index (χ3v) is 11.2. The number of hydrogen-bond donors (Lipinski definition) is 0. The van der Waals surface area contributed by atoms with Gasteiger partial charge in [-0.1, -0.05) is 106 Å². The molecule has 3 aliphatic rings. The van der Waals surface area contributed by atoms with Crippen molar-refractivity contribution in [3.05, 3.63) is 169 Å². The molecule has 7 aromatic rings. The molecule has 52 heavy (non-hydrogen) atoms. The molecule has 0 spiro atoms. The molecule has 1 aliphatic heterocycles. The van der Waals surface area contributed by atoms with Crippen LogP contribution < -0.4 is 38.3 Å². The number of aromatic nitrogens is 2. The Bertz CT molecular complexity index is 2480. The van der Waals surface area contributed by atoms with Crippen molar-refractivity contribution >= 4 is 28.1 Å². The second kappa shape index (κ2) is 13.3. The third-order valence-electron chi connectivity index (χ3n) is 11.2.